The van der Waals surface area contributed by atoms with Crippen molar-refractivity contribution in [2.75, 3.05) is 13.2 Å². The highest BCUT2D eigenvalue weighted by molar-refractivity contribution is 6.21. The smallest absolute Gasteiger partial charge is 0.261 e. The van der Waals surface area contributed by atoms with Crippen LogP contribution in [-0.2, 0) is 0 Å². The van der Waals surface area contributed by atoms with Crippen molar-refractivity contribution < 1.29 is 19.4 Å². The summed E-state index contributed by atoms with van der Waals surface area (Å²) < 4.78 is 5.73. The SMILES string of the molecule is CCCCOc1ccccc1C(O)CN1C(=O)c2ccccc2C1=O. The maximum Gasteiger partial charge on any atom is 0.261 e. The Hall–Kier alpha value is -2.66. The molecular formula is C20H21NO4. The van der Waals surface area contributed by atoms with Crippen molar-refractivity contribution in [3.05, 3.63) is 65.2 Å². The lowest BCUT2D eigenvalue weighted by Gasteiger charge is -2.21. The number of amides is 2. The van der Waals surface area contributed by atoms with E-state index in [1.165, 1.54) is 0 Å². The molecule has 5 heteroatoms. The second-order valence-corrected chi connectivity index (χ2v) is 6.02. The van der Waals surface area contributed by atoms with Gasteiger partial charge in [0, 0.05) is 5.56 Å². The topological polar surface area (TPSA) is 66.8 Å². The van der Waals surface area contributed by atoms with Crippen molar-refractivity contribution in [2.45, 2.75) is 25.9 Å². The number of imide groups is 1. The fraction of sp³-hybridized carbons (Fsp3) is 0.300. The van der Waals surface area contributed by atoms with Crippen LogP contribution < -0.4 is 4.74 Å². The van der Waals surface area contributed by atoms with Gasteiger partial charge >= 0.3 is 0 Å². The van der Waals surface area contributed by atoms with Crippen LogP contribution in [0.15, 0.2) is 48.5 Å². The summed E-state index contributed by atoms with van der Waals surface area (Å²) >= 11 is 0. The summed E-state index contributed by atoms with van der Waals surface area (Å²) in [6, 6.07) is 13.9. The first-order valence-electron chi connectivity index (χ1n) is 8.48. The zero-order valence-corrected chi connectivity index (χ0v) is 14.1. The third-order valence-corrected chi connectivity index (χ3v) is 4.27. The third kappa shape index (κ3) is 3.42. The molecule has 0 aliphatic carbocycles. The maximum atomic E-state index is 12.4. The average molecular weight is 339 g/mol. The van der Waals surface area contributed by atoms with Gasteiger partial charge in [0.15, 0.2) is 0 Å². The van der Waals surface area contributed by atoms with Gasteiger partial charge in [0.25, 0.3) is 11.8 Å². The van der Waals surface area contributed by atoms with Crippen LogP contribution in [0.2, 0.25) is 0 Å². The molecule has 1 heterocycles. The number of rotatable bonds is 7. The molecule has 0 spiro atoms. The fourth-order valence-corrected chi connectivity index (χ4v) is 2.89. The van der Waals surface area contributed by atoms with Crippen molar-refractivity contribution >= 4 is 11.8 Å². The first kappa shape index (κ1) is 17.2. The van der Waals surface area contributed by atoms with E-state index < -0.39 is 6.10 Å². The minimum Gasteiger partial charge on any atom is -0.493 e. The number of carbonyl (C=O) groups is 2. The largest absolute Gasteiger partial charge is 0.493 e. The van der Waals surface area contributed by atoms with Gasteiger partial charge in [-0.05, 0) is 24.6 Å². The lowest BCUT2D eigenvalue weighted by molar-refractivity contribution is 0.0539. The van der Waals surface area contributed by atoms with Crippen molar-refractivity contribution in [3.63, 3.8) is 0 Å². The van der Waals surface area contributed by atoms with E-state index in [-0.39, 0.29) is 18.4 Å². The molecule has 2 aromatic carbocycles. The minimum atomic E-state index is -1.000. The van der Waals surface area contributed by atoms with Crippen LogP contribution >= 0.6 is 0 Å². The number of unbranched alkanes of at least 4 members (excludes halogenated alkanes) is 1. The highest BCUT2D eigenvalue weighted by Crippen LogP contribution is 2.29. The predicted molar refractivity (Wildman–Crippen MR) is 93.6 cm³/mol. The number of ether oxygens (including phenoxy) is 1. The van der Waals surface area contributed by atoms with Gasteiger partial charge in [-0.1, -0.05) is 43.7 Å². The molecule has 0 bridgehead atoms. The number of hydrogen-bond acceptors (Lipinski definition) is 4. The fourth-order valence-electron chi connectivity index (χ4n) is 2.89. The zero-order valence-electron chi connectivity index (χ0n) is 14.1. The molecular weight excluding hydrogens is 318 g/mol. The number of aliphatic hydroxyl groups is 1. The molecule has 1 aliphatic rings. The number of hydrogen-bond donors (Lipinski definition) is 1. The van der Waals surface area contributed by atoms with Crippen molar-refractivity contribution in [1.82, 2.24) is 4.90 Å². The van der Waals surface area contributed by atoms with Crippen LogP contribution in [0.1, 0.15) is 52.1 Å². The zero-order chi connectivity index (χ0) is 17.8. The molecule has 25 heavy (non-hydrogen) atoms. The van der Waals surface area contributed by atoms with Crippen molar-refractivity contribution in [1.29, 1.82) is 0 Å². The Morgan fingerprint density at radius 3 is 2.24 bits per heavy atom. The number of carbonyl (C=O) groups excluding carboxylic acids is 2. The van der Waals surface area contributed by atoms with E-state index in [1.54, 1.807) is 42.5 Å². The van der Waals surface area contributed by atoms with Crippen LogP contribution in [-0.4, -0.2) is 35.0 Å². The van der Waals surface area contributed by atoms with Gasteiger partial charge in [-0.2, -0.15) is 0 Å². The summed E-state index contributed by atoms with van der Waals surface area (Å²) in [5, 5.41) is 10.6. The average Bonchev–Trinajstić information content (AvgIpc) is 2.87. The molecule has 0 aromatic heterocycles. The molecule has 1 aliphatic heterocycles. The number of aliphatic hydroxyl groups excluding tert-OH is 1. The maximum absolute atomic E-state index is 12.4. The molecule has 2 amide bonds. The summed E-state index contributed by atoms with van der Waals surface area (Å²) in [6.07, 6.45) is 0.933. The van der Waals surface area contributed by atoms with Crippen molar-refractivity contribution in [3.8, 4) is 5.75 Å². The summed E-state index contributed by atoms with van der Waals surface area (Å²) in [4.78, 5) is 26.0. The molecule has 1 N–H and O–H groups in total. The van der Waals surface area contributed by atoms with Gasteiger partial charge in [-0.15, -0.1) is 0 Å². The van der Waals surface area contributed by atoms with Gasteiger partial charge in [0.1, 0.15) is 11.9 Å². The number of β-amino-alcohol motifs (C(OH)–C–C–N with tert-alkyl or cyclic N) is 1. The van der Waals surface area contributed by atoms with Crippen LogP contribution in [0.3, 0.4) is 0 Å². The normalized spacial score (nSPS) is 14.6. The van der Waals surface area contributed by atoms with E-state index in [4.69, 9.17) is 4.74 Å². The molecule has 1 unspecified atom stereocenters. The molecule has 0 saturated carbocycles. The Morgan fingerprint density at radius 1 is 1.00 bits per heavy atom. The van der Waals surface area contributed by atoms with Gasteiger partial charge in [-0.25, -0.2) is 0 Å². The quantitative estimate of drug-likeness (QED) is 0.621. The second-order valence-electron chi connectivity index (χ2n) is 6.02. The van der Waals surface area contributed by atoms with Crippen LogP contribution in [0.25, 0.3) is 0 Å². The van der Waals surface area contributed by atoms with Crippen LogP contribution in [0, 0.1) is 0 Å². The number of nitrogens with zero attached hydrogens (tertiary/aromatic N) is 1. The number of benzene rings is 2. The summed E-state index contributed by atoms with van der Waals surface area (Å²) in [6.45, 7) is 2.54. The predicted octanol–water partition coefficient (Wildman–Crippen LogP) is 3.20. The highest BCUT2D eigenvalue weighted by Gasteiger charge is 2.36. The molecule has 0 saturated heterocycles. The Morgan fingerprint density at radius 2 is 1.60 bits per heavy atom. The Bertz CT molecular complexity index is 752. The number of para-hydroxylation sites is 1. The standard InChI is InChI=1S/C20H21NO4/c1-2-3-12-25-18-11-7-6-10-16(18)17(22)13-21-19(23)14-8-4-5-9-15(14)20(21)24/h4-11,17,22H,2-3,12-13H2,1H3. The monoisotopic (exact) mass is 339 g/mol. The molecule has 0 radical (unpaired) electrons. The lowest BCUT2D eigenvalue weighted by Crippen LogP contribution is -2.34. The Balaban J connectivity index is 1.76. The minimum absolute atomic E-state index is 0.0967. The van der Waals surface area contributed by atoms with Crippen LogP contribution in [0.5, 0.6) is 5.75 Å². The van der Waals surface area contributed by atoms with E-state index in [0.717, 1.165) is 17.7 Å². The second kappa shape index (κ2) is 7.49. The van der Waals surface area contributed by atoms with Crippen molar-refractivity contribution in [2.24, 2.45) is 0 Å². The Labute approximate surface area is 146 Å². The van der Waals surface area contributed by atoms with E-state index in [0.29, 0.717) is 29.0 Å². The summed E-state index contributed by atoms with van der Waals surface area (Å²) in [5.41, 5.74) is 1.34. The molecule has 0 fully saturated rings. The van der Waals surface area contributed by atoms with E-state index in [2.05, 4.69) is 6.92 Å². The van der Waals surface area contributed by atoms with Gasteiger partial charge in [0.2, 0.25) is 0 Å². The molecule has 3 rings (SSSR count). The van der Waals surface area contributed by atoms with Gasteiger partial charge in [0.05, 0.1) is 24.3 Å². The van der Waals surface area contributed by atoms with E-state index in [9.17, 15) is 14.7 Å². The molecule has 5 nitrogen and oxygen atoms in total. The van der Waals surface area contributed by atoms with E-state index >= 15 is 0 Å². The highest BCUT2D eigenvalue weighted by atomic mass is 16.5. The van der Waals surface area contributed by atoms with Crippen LogP contribution in [0.4, 0.5) is 0 Å². The first-order chi connectivity index (χ1) is 12.1. The van der Waals surface area contributed by atoms with Gasteiger partial charge in [-0.3, -0.25) is 14.5 Å². The number of fused-ring (bicyclic) bond motifs is 1. The summed E-state index contributed by atoms with van der Waals surface area (Å²) in [7, 11) is 0. The molecule has 130 valence electrons. The molecule has 1 atom stereocenters. The summed E-state index contributed by atoms with van der Waals surface area (Å²) in [5.74, 6) is -0.159. The lowest BCUT2D eigenvalue weighted by atomic mass is 10.1. The van der Waals surface area contributed by atoms with E-state index in [1.807, 2.05) is 6.07 Å². The Kier molecular flexibility index (Phi) is 5.14. The molecule has 2 aromatic rings. The van der Waals surface area contributed by atoms with Gasteiger partial charge < -0.3 is 9.84 Å². The first-order valence-corrected chi connectivity index (χ1v) is 8.48. The third-order valence-electron chi connectivity index (χ3n) is 4.27.